The Hall–Kier alpha value is -1.86. The molecule has 100 valence electrons. The van der Waals surface area contributed by atoms with Crippen LogP contribution in [0.2, 0.25) is 0 Å². The standard InChI is InChI=1S/C11H15NO6/c1-15-7-18-6-9-10(12(13)14)4-8(16-2)5-11(9)17-3/h4-5H,6-7H2,1-3H3. The maximum atomic E-state index is 11.0. The van der Waals surface area contributed by atoms with Crippen molar-refractivity contribution in [3.05, 3.63) is 27.8 Å². The predicted octanol–water partition coefficient (Wildman–Crippen LogP) is 1.73. The molecule has 7 nitrogen and oxygen atoms in total. The Morgan fingerprint density at radius 3 is 2.44 bits per heavy atom. The normalized spacial score (nSPS) is 10.2. The highest BCUT2D eigenvalue weighted by atomic mass is 16.7. The third-order valence-corrected chi connectivity index (χ3v) is 2.26. The Morgan fingerprint density at radius 2 is 1.94 bits per heavy atom. The lowest BCUT2D eigenvalue weighted by molar-refractivity contribution is -0.386. The molecule has 0 spiro atoms. The van der Waals surface area contributed by atoms with Crippen LogP contribution < -0.4 is 9.47 Å². The molecule has 1 rings (SSSR count). The fraction of sp³-hybridized carbons (Fsp3) is 0.455. The Morgan fingerprint density at radius 1 is 1.22 bits per heavy atom. The summed E-state index contributed by atoms with van der Waals surface area (Å²) in [6, 6.07) is 2.90. The summed E-state index contributed by atoms with van der Waals surface area (Å²) in [5, 5.41) is 11.0. The minimum Gasteiger partial charge on any atom is -0.496 e. The van der Waals surface area contributed by atoms with Crippen molar-refractivity contribution in [3.63, 3.8) is 0 Å². The van der Waals surface area contributed by atoms with Gasteiger partial charge in [-0.15, -0.1) is 0 Å². The quantitative estimate of drug-likeness (QED) is 0.320. The second-order valence-electron chi connectivity index (χ2n) is 3.34. The fourth-order valence-corrected chi connectivity index (χ4v) is 1.44. The Labute approximate surface area is 104 Å². The molecule has 0 radical (unpaired) electrons. The number of rotatable bonds is 7. The van der Waals surface area contributed by atoms with Crippen molar-refractivity contribution in [3.8, 4) is 11.5 Å². The smallest absolute Gasteiger partial charge is 0.282 e. The van der Waals surface area contributed by atoms with Gasteiger partial charge in [-0.3, -0.25) is 10.1 Å². The third-order valence-electron chi connectivity index (χ3n) is 2.26. The molecule has 1 aromatic rings. The minimum absolute atomic E-state index is 0.0251. The van der Waals surface area contributed by atoms with Crippen LogP contribution in [-0.2, 0) is 16.1 Å². The minimum atomic E-state index is -0.503. The highest BCUT2D eigenvalue weighted by molar-refractivity contribution is 5.54. The van der Waals surface area contributed by atoms with E-state index in [0.29, 0.717) is 17.1 Å². The van der Waals surface area contributed by atoms with Crippen molar-refractivity contribution >= 4 is 5.69 Å². The van der Waals surface area contributed by atoms with E-state index in [9.17, 15) is 10.1 Å². The molecular formula is C11H15NO6. The number of hydrogen-bond donors (Lipinski definition) is 0. The molecule has 0 aliphatic rings. The number of ether oxygens (including phenoxy) is 4. The molecule has 0 N–H and O–H groups in total. The molecule has 0 atom stereocenters. The number of benzene rings is 1. The summed E-state index contributed by atoms with van der Waals surface area (Å²) in [6.45, 7) is 0.0731. The molecule has 18 heavy (non-hydrogen) atoms. The fourth-order valence-electron chi connectivity index (χ4n) is 1.44. The van der Waals surface area contributed by atoms with E-state index in [1.165, 1.54) is 27.4 Å². The predicted molar refractivity (Wildman–Crippen MR) is 62.9 cm³/mol. The highest BCUT2D eigenvalue weighted by Gasteiger charge is 2.21. The van der Waals surface area contributed by atoms with Crippen LogP contribution >= 0.6 is 0 Å². The first-order chi connectivity index (χ1) is 8.63. The van der Waals surface area contributed by atoms with Gasteiger partial charge in [0.05, 0.1) is 37.4 Å². The first-order valence-electron chi connectivity index (χ1n) is 5.10. The lowest BCUT2D eigenvalue weighted by Crippen LogP contribution is -2.04. The summed E-state index contributed by atoms with van der Waals surface area (Å²) in [5.74, 6) is 0.700. The third kappa shape index (κ3) is 3.31. The van der Waals surface area contributed by atoms with Crippen molar-refractivity contribution < 1.29 is 23.9 Å². The molecular weight excluding hydrogens is 242 g/mol. The molecule has 0 saturated carbocycles. The molecule has 0 bridgehead atoms. The Balaban J connectivity index is 3.13. The summed E-state index contributed by atoms with van der Waals surface area (Å²) in [6.07, 6.45) is 0. The van der Waals surface area contributed by atoms with Gasteiger partial charge >= 0.3 is 0 Å². The maximum absolute atomic E-state index is 11.0. The van der Waals surface area contributed by atoms with Crippen LogP contribution in [0.15, 0.2) is 12.1 Å². The average molecular weight is 257 g/mol. The van der Waals surface area contributed by atoms with E-state index < -0.39 is 4.92 Å². The number of methoxy groups -OCH3 is 3. The lowest BCUT2D eigenvalue weighted by Gasteiger charge is -2.11. The van der Waals surface area contributed by atoms with Gasteiger partial charge in [0, 0.05) is 13.2 Å². The van der Waals surface area contributed by atoms with E-state index in [2.05, 4.69) is 0 Å². The lowest BCUT2D eigenvalue weighted by atomic mass is 10.1. The SMILES string of the molecule is COCOCc1c(OC)cc(OC)cc1[N+](=O)[O-]. The zero-order valence-corrected chi connectivity index (χ0v) is 10.5. The number of nitro groups is 1. The van der Waals surface area contributed by atoms with Gasteiger partial charge in [-0.25, -0.2) is 0 Å². The second-order valence-corrected chi connectivity index (χ2v) is 3.34. The first kappa shape index (κ1) is 14.2. The zero-order valence-electron chi connectivity index (χ0n) is 10.5. The van der Waals surface area contributed by atoms with Gasteiger partial charge < -0.3 is 18.9 Å². The molecule has 0 aromatic heterocycles. The highest BCUT2D eigenvalue weighted by Crippen LogP contribution is 2.34. The van der Waals surface area contributed by atoms with Crippen molar-refractivity contribution in [2.75, 3.05) is 28.1 Å². The number of nitrogens with zero attached hydrogens (tertiary/aromatic N) is 1. The number of nitro benzene ring substituents is 1. The monoisotopic (exact) mass is 257 g/mol. The Bertz CT molecular complexity index is 420. The van der Waals surface area contributed by atoms with E-state index in [1.807, 2.05) is 0 Å². The summed E-state index contributed by atoms with van der Waals surface area (Å²) < 4.78 is 19.9. The van der Waals surface area contributed by atoms with Crippen molar-refractivity contribution in [1.82, 2.24) is 0 Å². The van der Waals surface area contributed by atoms with Gasteiger partial charge in [-0.2, -0.15) is 0 Å². The number of hydrogen-bond acceptors (Lipinski definition) is 6. The van der Waals surface area contributed by atoms with Crippen LogP contribution in [0.25, 0.3) is 0 Å². The van der Waals surface area contributed by atoms with Gasteiger partial charge in [0.2, 0.25) is 0 Å². The van der Waals surface area contributed by atoms with Crippen LogP contribution in [0.1, 0.15) is 5.56 Å². The molecule has 0 heterocycles. The van der Waals surface area contributed by atoms with Crippen molar-refractivity contribution in [2.45, 2.75) is 6.61 Å². The van der Waals surface area contributed by atoms with E-state index in [4.69, 9.17) is 18.9 Å². The van der Waals surface area contributed by atoms with Crippen molar-refractivity contribution in [2.24, 2.45) is 0 Å². The van der Waals surface area contributed by atoms with Crippen LogP contribution in [0, 0.1) is 10.1 Å². The van der Waals surface area contributed by atoms with Crippen LogP contribution in [-0.4, -0.2) is 33.0 Å². The maximum Gasteiger partial charge on any atom is 0.282 e. The van der Waals surface area contributed by atoms with Crippen LogP contribution in [0.3, 0.4) is 0 Å². The zero-order chi connectivity index (χ0) is 13.5. The van der Waals surface area contributed by atoms with Gasteiger partial charge in [-0.1, -0.05) is 0 Å². The van der Waals surface area contributed by atoms with E-state index in [-0.39, 0.29) is 19.1 Å². The van der Waals surface area contributed by atoms with Gasteiger partial charge in [0.1, 0.15) is 18.3 Å². The summed E-state index contributed by atoms with van der Waals surface area (Å²) in [7, 11) is 4.33. The van der Waals surface area contributed by atoms with E-state index in [0.717, 1.165) is 0 Å². The molecule has 1 aromatic carbocycles. The molecule has 0 saturated heterocycles. The largest absolute Gasteiger partial charge is 0.496 e. The van der Waals surface area contributed by atoms with E-state index in [1.54, 1.807) is 6.07 Å². The molecule has 0 fully saturated rings. The van der Waals surface area contributed by atoms with Gasteiger partial charge in [0.25, 0.3) is 5.69 Å². The topological polar surface area (TPSA) is 80.1 Å². The second kappa shape index (κ2) is 6.77. The summed E-state index contributed by atoms with van der Waals surface area (Å²) in [5.41, 5.74) is 0.239. The summed E-state index contributed by atoms with van der Waals surface area (Å²) >= 11 is 0. The molecule has 7 heteroatoms. The van der Waals surface area contributed by atoms with Gasteiger partial charge in [0.15, 0.2) is 0 Å². The Kier molecular flexibility index (Phi) is 5.34. The summed E-state index contributed by atoms with van der Waals surface area (Å²) in [4.78, 5) is 10.5. The average Bonchev–Trinajstić information content (AvgIpc) is 2.38. The van der Waals surface area contributed by atoms with Crippen LogP contribution in [0.4, 0.5) is 5.69 Å². The van der Waals surface area contributed by atoms with Gasteiger partial charge in [-0.05, 0) is 0 Å². The van der Waals surface area contributed by atoms with Crippen LogP contribution in [0.5, 0.6) is 11.5 Å². The van der Waals surface area contributed by atoms with Crippen molar-refractivity contribution in [1.29, 1.82) is 0 Å². The molecule has 0 amide bonds. The molecule has 0 aliphatic carbocycles. The first-order valence-corrected chi connectivity index (χ1v) is 5.10. The molecule has 0 aliphatic heterocycles. The van der Waals surface area contributed by atoms with E-state index >= 15 is 0 Å². The molecule has 0 unspecified atom stereocenters.